The summed E-state index contributed by atoms with van der Waals surface area (Å²) in [6.07, 6.45) is 0. The molecule has 19 heavy (non-hydrogen) atoms. The van der Waals surface area contributed by atoms with Crippen LogP contribution in [0.3, 0.4) is 0 Å². The van der Waals surface area contributed by atoms with Crippen LogP contribution in [0.4, 0.5) is 5.82 Å². The fourth-order valence-corrected chi connectivity index (χ4v) is 2.28. The first-order chi connectivity index (χ1) is 9.00. The Balaban J connectivity index is 1.97. The molecule has 1 saturated heterocycles. The Kier molecular flexibility index (Phi) is 4.37. The van der Waals surface area contributed by atoms with E-state index in [0.29, 0.717) is 0 Å². The highest BCUT2D eigenvalue weighted by atomic mass is 15.3. The second kappa shape index (κ2) is 5.84. The normalized spacial score (nSPS) is 17.8. The van der Waals surface area contributed by atoms with Crippen LogP contribution in [0.25, 0.3) is 0 Å². The summed E-state index contributed by atoms with van der Waals surface area (Å²) < 4.78 is 0. The number of hydrogen-bond acceptors (Lipinski definition) is 5. The van der Waals surface area contributed by atoms with E-state index in [4.69, 9.17) is 5.73 Å². The van der Waals surface area contributed by atoms with Gasteiger partial charge in [-0.1, -0.05) is 20.8 Å². The summed E-state index contributed by atoms with van der Waals surface area (Å²) in [6.45, 7) is 12.3. The molecule has 0 aromatic carbocycles. The zero-order valence-corrected chi connectivity index (χ0v) is 12.3. The van der Waals surface area contributed by atoms with E-state index < -0.39 is 0 Å². The monoisotopic (exact) mass is 263 g/mol. The number of aromatic nitrogens is 2. The quantitative estimate of drug-likeness (QED) is 0.876. The largest absolute Gasteiger partial charge is 0.353 e. The van der Waals surface area contributed by atoms with Crippen molar-refractivity contribution in [2.45, 2.75) is 26.2 Å². The third-order valence-corrected chi connectivity index (χ3v) is 3.56. The smallest absolute Gasteiger partial charge is 0.151 e. The summed E-state index contributed by atoms with van der Waals surface area (Å²) in [6, 6.07) is 4.18. The lowest BCUT2D eigenvalue weighted by molar-refractivity contribution is 0.264. The third-order valence-electron chi connectivity index (χ3n) is 3.56. The van der Waals surface area contributed by atoms with Crippen LogP contribution in [0.1, 0.15) is 26.5 Å². The summed E-state index contributed by atoms with van der Waals surface area (Å²) in [5.41, 5.74) is 6.69. The molecule has 0 atom stereocenters. The molecule has 1 fully saturated rings. The lowest BCUT2D eigenvalue weighted by Crippen LogP contribution is -2.48. The topological polar surface area (TPSA) is 58.3 Å². The van der Waals surface area contributed by atoms with Gasteiger partial charge in [-0.3, -0.25) is 4.90 Å². The fraction of sp³-hybridized carbons (Fsp3) is 0.714. The van der Waals surface area contributed by atoms with Gasteiger partial charge in [0.2, 0.25) is 0 Å². The van der Waals surface area contributed by atoms with E-state index in [0.717, 1.165) is 50.8 Å². The van der Waals surface area contributed by atoms with Crippen LogP contribution in [0.5, 0.6) is 0 Å². The highest BCUT2D eigenvalue weighted by Gasteiger charge is 2.19. The van der Waals surface area contributed by atoms with Gasteiger partial charge in [0.05, 0.1) is 5.69 Å². The highest BCUT2D eigenvalue weighted by molar-refractivity contribution is 5.38. The van der Waals surface area contributed by atoms with Crippen LogP contribution >= 0.6 is 0 Å². The van der Waals surface area contributed by atoms with E-state index in [9.17, 15) is 0 Å². The molecule has 5 nitrogen and oxygen atoms in total. The predicted octanol–water partition coefficient (Wildman–Crippen LogP) is 0.855. The minimum Gasteiger partial charge on any atom is -0.353 e. The number of hydrogen-bond donors (Lipinski definition) is 1. The molecular formula is C14H25N5. The summed E-state index contributed by atoms with van der Waals surface area (Å²) in [5, 5.41) is 8.73. The Morgan fingerprint density at radius 2 is 1.79 bits per heavy atom. The molecular weight excluding hydrogens is 238 g/mol. The van der Waals surface area contributed by atoms with Crippen molar-refractivity contribution >= 4 is 5.82 Å². The molecule has 0 unspecified atom stereocenters. The summed E-state index contributed by atoms with van der Waals surface area (Å²) >= 11 is 0. The van der Waals surface area contributed by atoms with Crippen molar-refractivity contribution in [2.75, 3.05) is 44.2 Å². The lowest BCUT2D eigenvalue weighted by Gasteiger charge is -2.35. The minimum absolute atomic E-state index is 0.0609. The van der Waals surface area contributed by atoms with Crippen molar-refractivity contribution in [3.05, 3.63) is 17.8 Å². The van der Waals surface area contributed by atoms with Crippen molar-refractivity contribution in [1.29, 1.82) is 0 Å². The Morgan fingerprint density at radius 1 is 1.11 bits per heavy atom. The van der Waals surface area contributed by atoms with Gasteiger partial charge in [-0.05, 0) is 12.1 Å². The van der Waals surface area contributed by atoms with Crippen LogP contribution < -0.4 is 10.6 Å². The average Bonchev–Trinajstić information content (AvgIpc) is 2.39. The first-order valence-electron chi connectivity index (χ1n) is 7.02. The maximum absolute atomic E-state index is 5.58. The third kappa shape index (κ3) is 3.64. The van der Waals surface area contributed by atoms with Crippen LogP contribution in [-0.4, -0.2) is 54.4 Å². The van der Waals surface area contributed by atoms with Gasteiger partial charge < -0.3 is 10.6 Å². The molecule has 5 heteroatoms. The summed E-state index contributed by atoms with van der Waals surface area (Å²) in [4.78, 5) is 4.69. The Morgan fingerprint density at radius 3 is 2.26 bits per heavy atom. The van der Waals surface area contributed by atoms with E-state index >= 15 is 0 Å². The van der Waals surface area contributed by atoms with Gasteiger partial charge in [0.25, 0.3) is 0 Å². The predicted molar refractivity (Wildman–Crippen MR) is 78.4 cm³/mol. The Labute approximate surface area is 115 Å². The standard InChI is InChI=1S/C14H25N5/c1-14(2,3)12-4-5-13(17-16-12)19-10-8-18(7-6-15)9-11-19/h4-5H,6-11,15H2,1-3H3. The van der Waals surface area contributed by atoms with Gasteiger partial charge in [-0.15, -0.1) is 5.10 Å². The number of nitrogens with two attached hydrogens (primary N) is 1. The molecule has 0 bridgehead atoms. The molecule has 1 aliphatic heterocycles. The maximum atomic E-state index is 5.58. The van der Waals surface area contributed by atoms with E-state index in [1.165, 1.54) is 0 Å². The molecule has 1 aromatic rings. The number of rotatable bonds is 3. The van der Waals surface area contributed by atoms with E-state index in [1.807, 2.05) is 0 Å². The minimum atomic E-state index is 0.0609. The first-order valence-corrected chi connectivity index (χ1v) is 7.02. The molecule has 1 aliphatic rings. The van der Waals surface area contributed by atoms with Crippen LogP contribution in [0.2, 0.25) is 0 Å². The lowest BCUT2D eigenvalue weighted by atomic mass is 9.92. The van der Waals surface area contributed by atoms with E-state index in [2.05, 4.69) is 52.9 Å². The molecule has 0 aliphatic carbocycles. The summed E-state index contributed by atoms with van der Waals surface area (Å²) in [5.74, 6) is 0.986. The van der Waals surface area contributed by atoms with Crippen molar-refractivity contribution < 1.29 is 0 Å². The molecule has 2 rings (SSSR count). The van der Waals surface area contributed by atoms with Crippen molar-refractivity contribution in [1.82, 2.24) is 15.1 Å². The number of piperazine rings is 1. The zero-order valence-electron chi connectivity index (χ0n) is 12.3. The average molecular weight is 263 g/mol. The zero-order chi connectivity index (χ0) is 13.9. The Bertz CT molecular complexity index is 387. The van der Waals surface area contributed by atoms with Crippen LogP contribution in [-0.2, 0) is 5.41 Å². The van der Waals surface area contributed by atoms with Crippen molar-refractivity contribution in [3.8, 4) is 0 Å². The molecule has 106 valence electrons. The second-order valence-corrected chi connectivity index (χ2v) is 6.14. The SMILES string of the molecule is CC(C)(C)c1ccc(N2CCN(CCN)CC2)nn1. The van der Waals surface area contributed by atoms with E-state index in [1.54, 1.807) is 0 Å². The van der Waals surface area contributed by atoms with Gasteiger partial charge in [0.15, 0.2) is 5.82 Å². The Hall–Kier alpha value is -1.20. The molecule has 0 saturated carbocycles. The van der Waals surface area contributed by atoms with Crippen LogP contribution in [0.15, 0.2) is 12.1 Å². The molecule has 2 heterocycles. The van der Waals surface area contributed by atoms with Gasteiger partial charge in [0, 0.05) is 44.7 Å². The van der Waals surface area contributed by atoms with Gasteiger partial charge in [-0.25, -0.2) is 0 Å². The van der Waals surface area contributed by atoms with Gasteiger partial charge in [0.1, 0.15) is 0 Å². The fourth-order valence-electron chi connectivity index (χ4n) is 2.28. The van der Waals surface area contributed by atoms with Gasteiger partial charge >= 0.3 is 0 Å². The van der Waals surface area contributed by atoms with E-state index in [-0.39, 0.29) is 5.41 Å². The molecule has 1 aromatic heterocycles. The number of anilines is 1. The second-order valence-electron chi connectivity index (χ2n) is 6.14. The highest BCUT2D eigenvalue weighted by Crippen LogP contribution is 2.21. The van der Waals surface area contributed by atoms with Crippen molar-refractivity contribution in [2.24, 2.45) is 5.73 Å². The maximum Gasteiger partial charge on any atom is 0.151 e. The summed E-state index contributed by atoms with van der Waals surface area (Å²) in [7, 11) is 0. The number of nitrogens with zero attached hydrogens (tertiary/aromatic N) is 4. The molecule has 0 amide bonds. The molecule has 2 N–H and O–H groups in total. The molecule has 0 spiro atoms. The first kappa shape index (κ1) is 14.2. The van der Waals surface area contributed by atoms with Crippen LogP contribution in [0, 0.1) is 0 Å². The van der Waals surface area contributed by atoms with Crippen molar-refractivity contribution in [3.63, 3.8) is 0 Å². The van der Waals surface area contributed by atoms with Gasteiger partial charge in [-0.2, -0.15) is 5.10 Å². The molecule has 0 radical (unpaired) electrons.